The van der Waals surface area contributed by atoms with Gasteiger partial charge in [-0.3, -0.25) is 9.89 Å². The summed E-state index contributed by atoms with van der Waals surface area (Å²) in [7, 11) is 1.85. The van der Waals surface area contributed by atoms with Gasteiger partial charge in [0.05, 0.1) is 25.5 Å². The Kier molecular flexibility index (Phi) is 6.46. The maximum Gasteiger partial charge on any atom is 0.226 e. The maximum atomic E-state index is 5.66. The molecule has 0 saturated carbocycles. The molecule has 7 nitrogen and oxygen atoms in total. The van der Waals surface area contributed by atoms with E-state index in [9.17, 15) is 0 Å². The molecular formula is C22H31N5O2. The zero-order valence-corrected chi connectivity index (χ0v) is 17.4. The molecule has 0 aliphatic carbocycles. The lowest BCUT2D eigenvalue weighted by Gasteiger charge is -2.29. The van der Waals surface area contributed by atoms with Crippen molar-refractivity contribution in [3.8, 4) is 11.5 Å². The molecule has 1 N–H and O–H groups in total. The standard InChI is InChI=1S/C22H31N5O2/c1-17-3-5-19(6-4-17)21-25-20(16-29-21)13-24-22(23-2)27-8-7-18(15-27)14-26-9-11-28-12-10-26/h3-6,16,18H,7-15H2,1-2H3,(H,23,24). The van der Waals surface area contributed by atoms with Gasteiger partial charge < -0.3 is 19.4 Å². The molecule has 0 amide bonds. The smallest absolute Gasteiger partial charge is 0.226 e. The van der Waals surface area contributed by atoms with Crippen molar-refractivity contribution in [1.82, 2.24) is 20.1 Å². The summed E-state index contributed by atoms with van der Waals surface area (Å²) in [4.78, 5) is 14.0. The van der Waals surface area contributed by atoms with Crippen LogP contribution in [0.25, 0.3) is 11.5 Å². The van der Waals surface area contributed by atoms with Crippen molar-refractivity contribution in [3.05, 3.63) is 41.8 Å². The number of aromatic nitrogens is 1. The number of aryl methyl sites for hydroxylation is 1. The van der Waals surface area contributed by atoms with Gasteiger partial charge in [0.1, 0.15) is 6.26 Å². The Balaban J connectivity index is 1.28. The second-order valence-corrected chi connectivity index (χ2v) is 7.92. The molecule has 156 valence electrons. The molecule has 2 aliphatic heterocycles. The number of ether oxygens (including phenoxy) is 1. The van der Waals surface area contributed by atoms with E-state index in [2.05, 4.69) is 44.1 Å². The number of aliphatic imine (C=N–C) groups is 1. The van der Waals surface area contributed by atoms with Gasteiger partial charge in [0.25, 0.3) is 0 Å². The van der Waals surface area contributed by atoms with Gasteiger partial charge in [-0.25, -0.2) is 4.98 Å². The van der Waals surface area contributed by atoms with E-state index in [0.717, 1.165) is 63.2 Å². The zero-order chi connectivity index (χ0) is 20.1. The van der Waals surface area contributed by atoms with Crippen molar-refractivity contribution in [2.24, 2.45) is 10.9 Å². The summed E-state index contributed by atoms with van der Waals surface area (Å²) in [5.41, 5.74) is 3.10. The highest BCUT2D eigenvalue weighted by Gasteiger charge is 2.27. The largest absolute Gasteiger partial charge is 0.444 e. The molecule has 1 aromatic heterocycles. The summed E-state index contributed by atoms with van der Waals surface area (Å²) >= 11 is 0. The van der Waals surface area contributed by atoms with E-state index in [0.29, 0.717) is 18.4 Å². The van der Waals surface area contributed by atoms with E-state index in [1.807, 2.05) is 19.2 Å². The zero-order valence-electron chi connectivity index (χ0n) is 17.4. The lowest BCUT2D eigenvalue weighted by Crippen LogP contribution is -2.42. The third-order valence-corrected chi connectivity index (χ3v) is 5.70. The van der Waals surface area contributed by atoms with Gasteiger partial charge in [0.2, 0.25) is 5.89 Å². The first-order chi connectivity index (χ1) is 14.2. The molecule has 1 atom stereocenters. The molecule has 0 bridgehead atoms. The van der Waals surface area contributed by atoms with Gasteiger partial charge in [-0.15, -0.1) is 0 Å². The van der Waals surface area contributed by atoms with E-state index in [1.54, 1.807) is 6.26 Å². The molecule has 2 saturated heterocycles. The van der Waals surface area contributed by atoms with E-state index in [4.69, 9.17) is 9.15 Å². The third-order valence-electron chi connectivity index (χ3n) is 5.70. The molecule has 0 spiro atoms. The van der Waals surface area contributed by atoms with Crippen molar-refractivity contribution < 1.29 is 9.15 Å². The van der Waals surface area contributed by atoms with Crippen LogP contribution in [-0.2, 0) is 11.3 Å². The fourth-order valence-corrected chi connectivity index (χ4v) is 4.04. The predicted molar refractivity (Wildman–Crippen MR) is 114 cm³/mol. The minimum atomic E-state index is 0.604. The summed E-state index contributed by atoms with van der Waals surface area (Å²) in [5, 5.41) is 3.45. The van der Waals surface area contributed by atoms with E-state index < -0.39 is 0 Å². The lowest BCUT2D eigenvalue weighted by molar-refractivity contribution is 0.0315. The first kappa shape index (κ1) is 19.9. The number of nitrogens with one attached hydrogen (secondary N) is 1. The average molecular weight is 398 g/mol. The Morgan fingerprint density at radius 1 is 1.21 bits per heavy atom. The maximum absolute atomic E-state index is 5.66. The van der Waals surface area contributed by atoms with Crippen molar-refractivity contribution >= 4 is 5.96 Å². The highest BCUT2D eigenvalue weighted by Crippen LogP contribution is 2.20. The molecular weight excluding hydrogens is 366 g/mol. The molecule has 4 rings (SSSR count). The Hall–Kier alpha value is -2.38. The number of hydrogen-bond acceptors (Lipinski definition) is 5. The number of morpholine rings is 1. The van der Waals surface area contributed by atoms with E-state index >= 15 is 0 Å². The second kappa shape index (κ2) is 9.41. The van der Waals surface area contributed by atoms with Crippen LogP contribution in [0, 0.1) is 12.8 Å². The number of nitrogens with zero attached hydrogens (tertiary/aromatic N) is 4. The Bertz CT molecular complexity index is 811. The first-order valence-electron chi connectivity index (χ1n) is 10.5. The first-order valence-corrected chi connectivity index (χ1v) is 10.5. The fraction of sp³-hybridized carbons (Fsp3) is 0.545. The van der Waals surface area contributed by atoms with Crippen LogP contribution in [0.2, 0.25) is 0 Å². The number of guanidine groups is 1. The summed E-state index contributed by atoms with van der Waals surface area (Å²) in [6.45, 7) is 9.76. The fourth-order valence-electron chi connectivity index (χ4n) is 4.04. The summed E-state index contributed by atoms with van der Waals surface area (Å²) in [5.74, 6) is 2.28. The van der Waals surface area contributed by atoms with Gasteiger partial charge in [-0.2, -0.15) is 0 Å². The van der Waals surface area contributed by atoms with Gasteiger partial charge in [0.15, 0.2) is 5.96 Å². The van der Waals surface area contributed by atoms with Crippen LogP contribution in [0.15, 0.2) is 39.9 Å². The molecule has 2 aliphatic rings. The van der Waals surface area contributed by atoms with Crippen LogP contribution in [0.1, 0.15) is 17.7 Å². The number of oxazole rings is 1. The normalized spacial score (nSPS) is 21.0. The van der Waals surface area contributed by atoms with Crippen molar-refractivity contribution in [2.75, 3.05) is 53.0 Å². The SMILES string of the molecule is CN=C(NCc1coc(-c2ccc(C)cc2)n1)N1CCC(CN2CCOCC2)C1. The van der Waals surface area contributed by atoms with Crippen molar-refractivity contribution in [2.45, 2.75) is 19.9 Å². The monoisotopic (exact) mass is 397 g/mol. The van der Waals surface area contributed by atoms with E-state index in [1.165, 1.54) is 12.0 Å². The quantitative estimate of drug-likeness (QED) is 0.617. The topological polar surface area (TPSA) is 66.1 Å². The number of benzene rings is 1. The number of likely N-dealkylation sites (tertiary alicyclic amines) is 1. The molecule has 29 heavy (non-hydrogen) atoms. The van der Waals surface area contributed by atoms with Crippen LogP contribution >= 0.6 is 0 Å². The summed E-state index contributed by atoms with van der Waals surface area (Å²) in [6, 6.07) is 8.21. The van der Waals surface area contributed by atoms with Crippen LogP contribution in [0.4, 0.5) is 0 Å². The third kappa shape index (κ3) is 5.16. The minimum absolute atomic E-state index is 0.604. The molecule has 2 fully saturated rings. The molecule has 1 unspecified atom stereocenters. The van der Waals surface area contributed by atoms with E-state index in [-0.39, 0.29) is 0 Å². The Labute approximate surface area is 172 Å². The Morgan fingerprint density at radius 3 is 2.76 bits per heavy atom. The molecule has 0 radical (unpaired) electrons. The average Bonchev–Trinajstić information content (AvgIpc) is 3.40. The van der Waals surface area contributed by atoms with Gasteiger partial charge >= 0.3 is 0 Å². The number of rotatable bonds is 5. The van der Waals surface area contributed by atoms with Crippen LogP contribution in [-0.4, -0.2) is 73.7 Å². The predicted octanol–water partition coefficient (Wildman–Crippen LogP) is 2.38. The number of hydrogen-bond donors (Lipinski definition) is 1. The Morgan fingerprint density at radius 2 is 2.00 bits per heavy atom. The van der Waals surface area contributed by atoms with Crippen LogP contribution in [0.5, 0.6) is 0 Å². The molecule has 2 aromatic rings. The molecule has 3 heterocycles. The summed E-state index contributed by atoms with van der Waals surface area (Å²) in [6.07, 6.45) is 2.93. The van der Waals surface area contributed by atoms with Crippen molar-refractivity contribution in [3.63, 3.8) is 0 Å². The van der Waals surface area contributed by atoms with Crippen LogP contribution < -0.4 is 5.32 Å². The molecule has 7 heteroatoms. The summed E-state index contributed by atoms with van der Waals surface area (Å²) < 4.78 is 11.1. The highest BCUT2D eigenvalue weighted by atomic mass is 16.5. The lowest BCUT2D eigenvalue weighted by atomic mass is 10.1. The van der Waals surface area contributed by atoms with Gasteiger partial charge in [0, 0.05) is 45.3 Å². The molecule has 1 aromatic carbocycles. The van der Waals surface area contributed by atoms with Crippen LogP contribution in [0.3, 0.4) is 0 Å². The highest BCUT2D eigenvalue weighted by molar-refractivity contribution is 5.80. The minimum Gasteiger partial charge on any atom is -0.444 e. The second-order valence-electron chi connectivity index (χ2n) is 7.92. The van der Waals surface area contributed by atoms with Crippen molar-refractivity contribution in [1.29, 1.82) is 0 Å². The van der Waals surface area contributed by atoms with Gasteiger partial charge in [-0.1, -0.05) is 17.7 Å². The van der Waals surface area contributed by atoms with Gasteiger partial charge in [-0.05, 0) is 31.4 Å².